The number of likely N-dealkylation sites (tertiary alicyclic amines) is 3. The first-order chi connectivity index (χ1) is 15.3. The number of nitrogens with one attached hydrogen (secondary N) is 1. The van der Waals surface area contributed by atoms with E-state index in [2.05, 4.69) is 17.3 Å². The Balaban J connectivity index is 0.000000234. The van der Waals surface area contributed by atoms with Crippen molar-refractivity contribution < 1.29 is 19.1 Å². The minimum Gasteiger partial charge on any atom is -0.444 e. The zero-order valence-electron chi connectivity index (χ0n) is 21.9. The SMILES string of the molecule is C.CC(C)(C)OC(=O)N1C[C@H]2CCCN[C@H]2C1.CN1CCC[C@@H]2CN(C(=O)OC(C)(C)C)C[C@@H]21. The number of ether oxygens (including phenoxy) is 2. The number of hydrogen-bond donors (Lipinski definition) is 1. The Morgan fingerprint density at radius 2 is 1.32 bits per heavy atom. The molecule has 34 heavy (non-hydrogen) atoms. The zero-order chi connectivity index (χ0) is 24.4. The number of fused-ring (bicyclic) bond motifs is 2. The van der Waals surface area contributed by atoms with E-state index in [1.54, 1.807) is 0 Å². The fourth-order valence-corrected chi connectivity index (χ4v) is 5.40. The number of piperidine rings is 2. The first kappa shape index (κ1) is 28.7. The molecule has 0 spiro atoms. The van der Waals surface area contributed by atoms with E-state index in [-0.39, 0.29) is 19.6 Å². The van der Waals surface area contributed by atoms with Crippen molar-refractivity contribution in [3.8, 4) is 0 Å². The normalized spacial score (nSPS) is 29.3. The molecule has 0 aromatic heterocycles. The molecule has 0 saturated carbocycles. The average molecular weight is 483 g/mol. The van der Waals surface area contributed by atoms with Gasteiger partial charge in [0.25, 0.3) is 0 Å². The van der Waals surface area contributed by atoms with Gasteiger partial charge in [0.2, 0.25) is 0 Å². The highest BCUT2D eigenvalue weighted by Gasteiger charge is 2.40. The molecule has 0 unspecified atom stereocenters. The van der Waals surface area contributed by atoms with Crippen LogP contribution in [-0.4, -0.2) is 96.5 Å². The lowest BCUT2D eigenvalue weighted by atomic mass is 9.93. The summed E-state index contributed by atoms with van der Waals surface area (Å²) in [6, 6.07) is 1.03. The van der Waals surface area contributed by atoms with Crippen molar-refractivity contribution in [2.45, 2.75) is 97.9 Å². The molecule has 4 aliphatic heterocycles. The van der Waals surface area contributed by atoms with Crippen LogP contribution in [-0.2, 0) is 9.47 Å². The molecule has 4 rings (SSSR count). The largest absolute Gasteiger partial charge is 0.444 e. The topological polar surface area (TPSA) is 74.4 Å². The van der Waals surface area contributed by atoms with Crippen molar-refractivity contribution >= 4 is 12.2 Å². The van der Waals surface area contributed by atoms with Gasteiger partial charge >= 0.3 is 12.2 Å². The highest BCUT2D eigenvalue weighted by atomic mass is 16.6. The van der Waals surface area contributed by atoms with Gasteiger partial charge in [0.1, 0.15) is 11.2 Å². The molecule has 1 N–H and O–H groups in total. The van der Waals surface area contributed by atoms with Gasteiger partial charge in [0.15, 0.2) is 0 Å². The second kappa shape index (κ2) is 11.5. The standard InChI is InChI=1S/C13H24N2O2.C12H22N2O2.CH4/c1-13(2,3)17-12(16)15-8-10-6-5-7-14(4)11(10)9-15;1-12(2,3)16-11(15)14-7-9-5-4-6-13-10(9)8-14;/h10-11H,5-9H2,1-4H3;9-10,13H,4-8H2,1-3H3;1H4/t10-,11+;9-,10+;/m11./s1. The van der Waals surface area contributed by atoms with E-state index in [0.717, 1.165) is 39.3 Å². The predicted octanol–water partition coefficient (Wildman–Crippen LogP) is 4.19. The molecule has 8 nitrogen and oxygen atoms in total. The summed E-state index contributed by atoms with van der Waals surface area (Å²) in [6.45, 7) is 17.1. The summed E-state index contributed by atoms with van der Waals surface area (Å²) >= 11 is 0. The van der Waals surface area contributed by atoms with E-state index >= 15 is 0 Å². The highest BCUT2D eigenvalue weighted by molar-refractivity contribution is 5.69. The first-order valence-corrected chi connectivity index (χ1v) is 12.7. The smallest absolute Gasteiger partial charge is 0.410 e. The van der Waals surface area contributed by atoms with Gasteiger partial charge in [-0.3, -0.25) is 0 Å². The van der Waals surface area contributed by atoms with E-state index in [1.165, 1.54) is 25.7 Å². The maximum atomic E-state index is 12.0. The summed E-state index contributed by atoms with van der Waals surface area (Å²) in [5.74, 6) is 1.27. The fraction of sp³-hybridized carbons (Fsp3) is 0.923. The van der Waals surface area contributed by atoms with Crippen LogP contribution in [0.4, 0.5) is 9.59 Å². The molecule has 4 fully saturated rings. The number of carbonyl (C=O) groups excluding carboxylic acids is 2. The van der Waals surface area contributed by atoms with Gasteiger partial charge in [0.05, 0.1) is 0 Å². The molecule has 4 atom stereocenters. The van der Waals surface area contributed by atoms with E-state index in [0.29, 0.717) is 23.9 Å². The second-order valence-corrected chi connectivity index (χ2v) is 12.2. The molecule has 0 aromatic carbocycles. The molecule has 198 valence electrons. The van der Waals surface area contributed by atoms with Crippen LogP contribution in [0.3, 0.4) is 0 Å². The van der Waals surface area contributed by atoms with Crippen LogP contribution in [0.2, 0.25) is 0 Å². The van der Waals surface area contributed by atoms with Crippen LogP contribution < -0.4 is 5.32 Å². The lowest BCUT2D eigenvalue weighted by Crippen LogP contribution is -2.42. The summed E-state index contributed by atoms with van der Waals surface area (Å²) in [5.41, 5.74) is -0.783. The molecule has 4 aliphatic rings. The average Bonchev–Trinajstić information content (AvgIpc) is 3.31. The number of likely N-dealkylation sites (N-methyl/N-ethyl adjacent to an activating group) is 1. The van der Waals surface area contributed by atoms with Gasteiger partial charge in [-0.15, -0.1) is 0 Å². The van der Waals surface area contributed by atoms with Crippen molar-refractivity contribution in [2.24, 2.45) is 11.8 Å². The summed E-state index contributed by atoms with van der Waals surface area (Å²) in [7, 11) is 2.16. The van der Waals surface area contributed by atoms with E-state index in [9.17, 15) is 9.59 Å². The lowest BCUT2D eigenvalue weighted by molar-refractivity contribution is 0.0273. The zero-order valence-corrected chi connectivity index (χ0v) is 21.9. The van der Waals surface area contributed by atoms with Crippen molar-refractivity contribution in [3.05, 3.63) is 0 Å². The summed E-state index contributed by atoms with van der Waals surface area (Å²) < 4.78 is 10.8. The molecule has 0 bridgehead atoms. The number of carbonyl (C=O) groups is 2. The third-order valence-electron chi connectivity index (χ3n) is 6.96. The Bertz CT molecular complexity index is 673. The molecule has 0 radical (unpaired) electrons. The molecule has 4 heterocycles. The Morgan fingerprint density at radius 3 is 1.85 bits per heavy atom. The first-order valence-electron chi connectivity index (χ1n) is 12.7. The number of amides is 2. The van der Waals surface area contributed by atoms with Crippen LogP contribution in [0.25, 0.3) is 0 Å². The van der Waals surface area contributed by atoms with Crippen molar-refractivity contribution in [2.75, 3.05) is 46.3 Å². The van der Waals surface area contributed by atoms with Crippen LogP contribution >= 0.6 is 0 Å². The van der Waals surface area contributed by atoms with E-state index in [1.807, 2.05) is 51.3 Å². The monoisotopic (exact) mass is 482 g/mol. The summed E-state index contributed by atoms with van der Waals surface area (Å²) in [4.78, 5) is 30.0. The lowest BCUT2D eigenvalue weighted by Gasteiger charge is -2.33. The summed E-state index contributed by atoms with van der Waals surface area (Å²) in [6.07, 6.45) is 4.64. The van der Waals surface area contributed by atoms with Crippen LogP contribution in [0.15, 0.2) is 0 Å². The van der Waals surface area contributed by atoms with Gasteiger partial charge < -0.3 is 29.5 Å². The Kier molecular flexibility index (Phi) is 9.68. The molecule has 4 saturated heterocycles. The maximum Gasteiger partial charge on any atom is 0.410 e. The van der Waals surface area contributed by atoms with Gasteiger partial charge in [0, 0.05) is 38.3 Å². The minimum atomic E-state index is -0.392. The molecular weight excluding hydrogens is 432 g/mol. The number of rotatable bonds is 0. The van der Waals surface area contributed by atoms with Crippen molar-refractivity contribution in [3.63, 3.8) is 0 Å². The van der Waals surface area contributed by atoms with E-state index in [4.69, 9.17) is 9.47 Å². The Morgan fingerprint density at radius 1 is 0.794 bits per heavy atom. The van der Waals surface area contributed by atoms with Crippen LogP contribution in [0, 0.1) is 11.8 Å². The third-order valence-corrected chi connectivity index (χ3v) is 6.96. The molecule has 0 aliphatic carbocycles. The Hall–Kier alpha value is -1.54. The van der Waals surface area contributed by atoms with Gasteiger partial charge in [-0.2, -0.15) is 0 Å². The summed E-state index contributed by atoms with van der Waals surface area (Å²) in [5, 5.41) is 3.48. The fourth-order valence-electron chi connectivity index (χ4n) is 5.40. The number of hydrogen-bond acceptors (Lipinski definition) is 6. The molecular formula is C26H50N4O4. The van der Waals surface area contributed by atoms with E-state index < -0.39 is 11.2 Å². The maximum absolute atomic E-state index is 12.0. The minimum absolute atomic E-state index is 0. The molecule has 8 heteroatoms. The quantitative estimate of drug-likeness (QED) is 0.558. The van der Waals surface area contributed by atoms with Crippen molar-refractivity contribution in [1.29, 1.82) is 0 Å². The van der Waals surface area contributed by atoms with Gasteiger partial charge in [-0.1, -0.05) is 7.43 Å². The third kappa shape index (κ3) is 8.01. The van der Waals surface area contributed by atoms with Gasteiger partial charge in [-0.05, 0) is 99.2 Å². The Labute approximate surface area is 207 Å². The predicted molar refractivity (Wildman–Crippen MR) is 136 cm³/mol. The number of nitrogens with zero attached hydrogens (tertiary/aromatic N) is 3. The molecule has 2 amide bonds. The van der Waals surface area contributed by atoms with Crippen LogP contribution in [0.1, 0.15) is 74.7 Å². The second-order valence-electron chi connectivity index (χ2n) is 12.2. The van der Waals surface area contributed by atoms with Crippen molar-refractivity contribution in [1.82, 2.24) is 20.0 Å². The highest BCUT2D eigenvalue weighted by Crippen LogP contribution is 2.30. The molecule has 0 aromatic rings. The van der Waals surface area contributed by atoms with Gasteiger partial charge in [-0.25, -0.2) is 9.59 Å². The van der Waals surface area contributed by atoms with Crippen LogP contribution in [0.5, 0.6) is 0 Å².